The van der Waals surface area contributed by atoms with Gasteiger partial charge in [0.05, 0.1) is 11.8 Å². The van der Waals surface area contributed by atoms with Crippen molar-refractivity contribution in [1.82, 2.24) is 10.2 Å². The van der Waals surface area contributed by atoms with E-state index in [0.717, 1.165) is 24.0 Å². The summed E-state index contributed by atoms with van der Waals surface area (Å²) in [5, 5.41) is 12.4. The highest BCUT2D eigenvalue weighted by Gasteiger charge is 2.41. The number of thioether (sulfide) groups is 1. The molecule has 0 unspecified atom stereocenters. The van der Waals surface area contributed by atoms with Crippen LogP contribution < -0.4 is 5.32 Å². The number of nitrogens with one attached hydrogen (secondary N) is 1. The summed E-state index contributed by atoms with van der Waals surface area (Å²) < 4.78 is 5.68. The fourth-order valence-electron chi connectivity index (χ4n) is 5.47. The highest BCUT2D eigenvalue weighted by molar-refractivity contribution is 7.99. The minimum absolute atomic E-state index is 0.0279. The lowest BCUT2D eigenvalue weighted by Gasteiger charge is -2.34. The summed E-state index contributed by atoms with van der Waals surface area (Å²) in [5.41, 5.74) is 4.63. The van der Waals surface area contributed by atoms with Gasteiger partial charge in [-0.3, -0.25) is 4.79 Å². The number of hydrogen-bond donors (Lipinski definition) is 2. The number of fused-ring (bicyclic) bond motifs is 3. The molecule has 2 fully saturated rings. The number of alkyl carbamates (subject to hydrolysis) is 1. The van der Waals surface area contributed by atoms with Gasteiger partial charge in [0.2, 0.25) is 5.91 Å². The maximum Gasteiger partial charge on any atom is 0.407 e. The van der Waals surface area contributed by atoms with E-state index in [0.29, 0.717) is 24.5 Å². The molecule has 1 saturated carbocycles. The zero-order chi connectivity index (χ0) is 23.7. The summed E-state index contributed by atoms with van der Waals surface area (Å²) in [6.07, 6.45) is 2.59. The van der Waals surface area contributed by atoms with Crippen molar-refractivity contribution in [3.63, 3.8) is 0 Å². The molecule has 0 spiro atoms. The summed E-state index contributed by atoms with van der Waals surface area (Å²) >= 11 is 1.45. The molecular weight excluding hydrogens is 452 g/mol. The second-order valence-electron chi connectivity index (χ2n) is 9.13. The Bertz CT molecular complexity index is 1060. The van der Waals surface area contributed by atoms with E-state index in [-0.39, 0.29) is 24.5 Å². The van der Waals surface area contributed by atoms with E-state index in [9.17, 15) is 19.5 Å². The van der Waals surface area contributed by atoms with Gasteiger partial charge in [-0.1, -0.05) is 61.4 Å². The average molecular weight is 481 g/mol. The lowest BCUT2D eigenvalue weighted by molar-refractivity contribution is -0.150. The maximum absolute atomic E-state index is 13.2. The topological polar surface area (TPSA) is 95.9 Å². The summed E-state index contributed by atoms with van der Waals surface area (Å²) in [6.45, 7) is 0.217. The van der Waals surface area contributed by atoms with Crippen molar-refractivity contribution in [3.8, 4) is 11.1 Å². The van der Waals surface area contributed by atoms with Gasteiger partial charge in [-0.15, -0.1) is 11.8 Å². The number of amides is 2. The Morgan fingerprint density at radius 1 is 1.00 bits per heavy atom. The first-order chi connectivity index (χ1) is 16.5. The number of carboxylic acid groups (broad SMARTS) is 1. The number of benzene rings is 2. The van der Waals surface area contributed by atoms with E-state index < -0.39 is 24.0 Å². The first-order valence-electron chi connectivity index (χ1n) is 11.8. The smallest absolute Gasteiger partial charge is 0.407 e. The third-order valence-electron chi connectivity index (χ3n) is 7.18. The van der Waals surface area contributed by atoms with Crippen molar-refractivity contribution in [1.29, 1.82) is 0 Å². The second-order valence-corrected chi connectivity index (χ2v) is 10.1. The minimum Gasteiger partial charge on any atom is -0.480 e. The predicted octanol–water partition coefficient (Wildman–Crippen LogP) is 4.07. The van der Waals surface area contributed by atoms with Crippen LogP contribution in [-0.2, 0) is 14.3 Å². The molecule has 0 radical (unpaired) electrons. The predicted molar refractivity (Wildman–Crippen MR) is 130 cm³/mol. The Morgan fingerprint density at radius 2 is 1.65 bits per heavy atom. The van der Waals surface area contributed by atoms with Crippen LogP contribution in [0.3, 0.4) is 0 Å². The standard InChI is InChI=1S/C26H28N2O5S/c29-24(28-15-34-14-23(28)25(30)31)20-11-5-6-12-22(20)27-26(32)33-13-21-18-9-3-1-7-16(18)17-8-2-4-10-19(17)21/h1-4,7-10,20-23H,5-6,11-15H2,(H,27,32)(H,30,31)/t20-,22+,23-/m0/s1. The third-order valence-corrected chi connectivity index (χ3v) is 8.19. The molecule has 1 heterocycles. The molecule has 0 bridgehead atoms. The molecule has 5 rings (SSSR count). The minimum atomic E-state index is -0.977. The van der Waals surface area contributed by atoms with Gasteiger partial charge >= 0.3 is 12.1 Å². The fourth-order valence-corrected chi connectivity index (χ4v) is 6.62. The molecule has 2 aliphatic carbocycles. The van der Waals surface area contributed by atoms with Crippen molar-refractivity contribution in [2.75, 3.05) is 18.2 Å². The molecule has 178 valence electrons. The van der Waals surface area contributed by atoms with Gasteiger partial charge in [0.15, 0.2) is 0 Å². The number of carboxylic acids is 1. The molecule has 7 nitrogen and oxygen atoms in total. The van der Waals surface area contributed by atoms with Crippen molar-refractivity contribution in [2.24, 2.45) is 5.92 Å². The van der Waals surface area contributed by atoms with Crippen LogP contribution in [0.1, 0.15) is 42.7 Å². The lowest BCUT2D eigenvalue weighted by atomic mass is 9.83. The Hall–Kier alpha value is -3.00. The van der Waals surface area contributed by atoms with Gasteiger partial charge in [-0.25, -0.2) is 9.59 Å². The van der Waals surface area contributed by atoms with Gasteiger partial charge < -0.3 is 20.1 Å². The largest absolute Gasteiger partial charge is 0.480 e. The van der Waals surface area contributed by atoms with Gasteiger partial charge in [0.1, 0.15) is 12.6 Å². The fraction of sp³-hybridized carbons (Fsp3) is 0.423. The number of carbonyl (C=O) groups is 3. The van der Waals surface area contributed by atoms with Crippen LogP contribution in [0.2, 0.25) is 0 Å². The molecule has 34 heavy (non-hydrogen) atoms. The number of aliphatic carboxylic acids is 1. The molecule has 1 aliphatic heterocycles. The number of rotatable bonds is 5. The van der Waals surface area contributed by atoms with Crippen LogP contribution in [0.25, 0.3) is 11.1 Å². The Labute approximate surface area is 202 Å². The highest BCUT2D eigenvalue weighted by Crippen LogP contribution is 2.44. The van der Waals surface area contributed by atoms with E-state index in [1.165, 1.54) is 27.8 Å². The molecule has 2 aromatic carbocycles. The lowest BCUT2D eigenvalue weighted by Crippen LogP contribution is -2.52. The summed E-state index contributed by atoms with van der Waals surface area (Å²) in [7, 11) is 0. The van der Waals surface area contributed by atoms with Gasteiger partial charge in [-0.05, 0) is 35.1 Å². The molecule has 2 N–H and O–H groups in total. The Balaban J connectivity index is 1.24. The van der Waals surface area contributed by atoms with E-state index >= 15 is 0 Å². The van der Waals surface area contributed by atoms with Crippen LogP contribution in [0.4, 0.5) is 4.79 Å². The van der Waals surface area contributed by atoms with E-state index in [1.54, 1.807) is 0 Å². The van der Waals surface area contributed by atoms with Gasteiger partial charge in [0, 0.05) is 17.7 Å². The zero-order valence-electron chi connectivity index (χ0n) is 18.8. The number of carbonyl (C=O) groups excluding carboxylic acids is 2. The summed E-state index contributed by atoms with van der Waals surface area (Å²) in [5.74, 6) is -0.826. The first kappa shape index (κ1) is 22.8. The number of nitrogens with zero attached hydrogens (tertiary/aromatic N) is 1. The molecule has 3 atom stereocenters. The zero-order valence-corrected chi connectivity index (χ0v) is 19.6. The first-order valence-corrected chi connectivity index (χ1v) is 12.9. The highest BCUT2D eigenvalue weighted by atomic mass is 32.2. The van der Waals surface area contributed by atoms with Crippen LogP contribution in [0, 0.1) is 5.92 Å². The molecule has 3 aliphatic rings. The van der Waals surface area contributed by atoms with Crippen molar-refractivity contribution in [3.05, 3.63) is 59.7 Å². The maximum atomic E-state index is 13.2. The van der Waals surface area contributed by atoms with Crippen molar-refractivity contribution in [2.45, 2.75) is 43.7 Å². The molecule has 0 aromatic heterocycles. The van der Waals surface area contributed by atoms with E-state index in [1.807, 2.05) is 24.3 Å². The molecular formula is C26H28N2O5S. The molecule has 2 aromatic rings. The SMILES string of the molecule is O=C(N[C@@H]1CCCC[C@@H]1C(=O)N1CSC[C@H]1C(=O)O)OCC1c2ccccc2-c2ccccc21. The van der Waals surface area contributed by atoms with Crippen LogP contribution in [-0.4, -0.2) is 58.3 Å². The average Bonchev–Trinajstić information content (AvgIpc) is 3.46. The third kappa shape index (κ3) is 4.27. The second kappa shape index (κ2) is 9.70. The van der Waals surface area contributed by atoms with Crippen molar-refractivity contribution >= 4 is 29.7 Å². The van der Waals surface area contributed by atoms with E-state index in [2.05, 4.69) is 29.6 Å². The Kier molecular flexibility index (Phi) is 6.50. The number of hydrogen-bond acceptors (Lipinski definition) is 5. The van der Waals surface area contributed by atoms with Crippen LogP contribution >= 0.6 is 11.8 Å². The normalized spacial score (nSPS) is 23.8. The Morgan fingerprint density at radius 3 is 2.32 bits per heavy atom. The summed E-state index contributed by atoms with van der Waals surface area (Å²) in [6, 6.07) is 15.2. The molecule has 2 amide bonds. The molecule has 8 heteroatoms. The van der Waals surface area contributed by atoms with Gasteiger partial charge in [0.25, 0.3) is 0 Å². The monoisotopic (exact) mass is 480 g/mol. The quantitative estimate of drug-likeness (QED) is 0.670. The molecule has 1 saturated heterocycles. The van der Waals surface area contributed by atoms with Gasteiger partial charge in [-0.2, -0.15) is 0 Å². The van der Waals surface area contributed by atoms with Crippen LogP contribution in [0.5, 0.6) is 0 Å². The number of ether oxygens (including phenoxy) is 1. The van der Waals surface area contributed by atoms with Crippen molar-refractivity contribution < 1.29 is 24.2 Å². The van der Waals surface area contributed by atoms with E-state index in [4.69, 9.17) is 4.74 Å². The summed E-state index contributed by atoms with van der Waals surface area (Å²) in [4.78, 5) is 39.0. The van der Waals surface area contributed by atoms with Crippen LogP contribution in [0.15, 0.2) is 48.5 Å².